The summed E-state index contributed by atoms with van der Waals surface area (Å²) in [6, 6.07) is 0. The maximum absolute atomic E-state index is 2.66. The van der Waals surface area contributed by atoms with Crippen LogP contribution in [0.4, 0.5) is 0 Å². The van der Waals surface area contributed by atoms with Crippen molar-refractivity contribution in [3.05, 3.63) is 12.4 Å². The van der Waals surface area contributed by atoms with Gasteiger partial charge in [-0.3, -0.25) is 0 Å². The van der Waals surface area contributed by atoms with E-state index in [4.69, 9.17) is 0 Å². The van der Waals surface area contributed by atoms with Crippen molar-refractivity contribution in [1.82, 2.24) is 9.80 Å². The number of rotatable bonds is 1. The monoisotopic (exact) mass is 354 g/mol. The molecule has 26 heavy (non-hydrogen) atoms. The van der Waals surface area contributed by atoms with Crippen LogP contribution in [0.2, 0.25) is 0 Å². The van der Waals surface area contributed by atoms with Crippen molar-refractivity contribution in [2.75, 3.05) is 13.7 Å². The molecule has 0 aromatic heterocycles. The van der Waals surface area contributed by atoms with E-state index in [2.05, 4.69) is 29.2 Å². The molecule has 1 aliphatic heterocycles. The normalized spacial score (nSPS) is 52.6. The van der Waals surface area contributed by atoms with Crippen LogP contribution in [-0.2, 0) is 0 Å². The Bertz CT molecular complexity index is 487. The van der Waals surface area contributed by atoms with E-state index in [-0.39, 0.29) is 0 Å². The van der Waals surface area contributed by atoms with Gasteiger partial charge in [0.05, 0.1) is 6.67 Å². The summed E-state index contributed by atoms with van der Waals surface area (Å²) in [5.41, 5.74) is 0.565. The molecule has 0 unspecified atom stereocenters. The van der Waals surface area contributed by atoms with Gasteiger partial charge >= 0.3 is 0 Å². The summed E-state index contributed by atoms with van der Waals surface area (Å²) in [6.07, 6.45) is 23.3. The summed E-state index contributed by atoms with van der Waals surface area (Å²) in [7, 11) is 2.19. The first-order valence-corrected chi connectivity index (χ1v) is 11.8. The van der Waals surface area contributed by atoms with Gasteiger partial charge in [0.2, 0.25) is 0 Å². The molecule has 8 aliphatic carbocycles. The van der Waals surface area contributed by atoms with Crippen LogP contribution in [0.1, 0.15) is 77.0 Å². The molecule has 0 aromatic rings. The smallest absolute Gasteiger partial charge is 0.0896 e. The summed E-state index contributed by atoms with van der Waals surface area (Å²) in [6.45, 7) is 1.13. The molecule has 8 fully saturated rings. The minimum atomic E-state index is 0.565. The van der Waals surface area contributed by atoms with Gasteiger partial charge in [-0.25, -0.2) is 0 Å². The second-order valence-corrected chi connectivity index (χ2v) is 11.7. The van der Waals surface area contributed by atoms with Crippen LogP contribution in [-0.4, -0.2) is 29.1 Å². The summed E-state index contributed by atoms with van der Waals surface area (Å²) in [5, 5.41) is 0. The number of hydrogen-bond acceptors (Lipinski definition) is 2. The molecule has 0 radical (unpaired) electrons. The van der Waals surface area contributed by atoms with Gasteiger partial charge in [-0.15, -0.1) is 0 Å². The molecule has 8 saturated carbocycles. The van der Waals surface area contributed by atoms with E-state index in [1.54, 1.807) is 57.8 Å². The SMILES string of the molecule is C1C2CC3CC1CC(C2)C3.CN1C=CN(C23CC4CC(CC(C4)C2)C3)C1. The Morgan fingerprint density at radius 2 is 0.962 bits per heavy atom. The summed E-state index contributed by atoms with van der Waals surface area (Å²) in [4.78, 5) is 4.98. The second-order valence-electron chi connectivity index (χ2n) is 11.7. The van der Waals surface area contributed by atoms with Gasteiger partial charge in [-0.05, 0) is 118 Å². The lowest BCUT2D eigenvalue weighted by atomic mass is 9.52. The van der Waals surface area contributed by atoms with Crippen LogP contribution < -0.4 is 0 Å². The number of nitrogens with zero attached hydrogens (tertiary/aromatic N) is 2. The first kappa shape index (κ1) is 16.3. The maximum Gasteiger partial charge on any atom is 0.0896 e. The molecule has 0 atom stereocenters. The summed E-state index contributed by atoms with van der Waals surface area (Å²) < 4.78 is 0. The van der Waals surface area contributed by atoms with Gasteiger partial charge in [0.1, 0.15) is 0 Å². The van der Waals surface area contributed by atoms with Crippen molar-refractivity contribution >= 4 is 0 Å². The van der Waals surface area contributed by atoms with Gasteiger partial charge in [0.15, 0.2) is 0 Å². The molecule has 8 bridgehead atoms. The summed E-state index contributed by atoms with van der Waals surface area (Å²) in [5.74, 6) is 7.89. The lowest BCUT2D eigenvalue weighted by Gasteiger charge is -2.60. The van der Waals surface area contributed by atoms with Crippen LogP contribution in [0.3, 0.4) is 0 Å². The molecule has 0 saturated heterocycles. The van der Waals surface area contributed by atoms with Crippen LogP contribution >= 0.6 is 0 Å². The first-order valence-electron chi connectivity index (χ1n) is 11.8. The van der Waals surface area contributed by atoms with Gasteiger partial charge in [0, 0.05) is 25.0 Å². The van der Waals surface area contributed by atoms with E-state index in [1.165, 1.54) is 42.9 Å². The lowest BCUT2D eigenvalue weighted by Crippen LogP contribution is -2.58. The Balaban J connectivity index is 0.000000117. The third-order valence-electron chi connectivity index (χ3n) is 9.49. The average Bonchev–Trinajstić information content (AvgIpc) is 3.00. The largest absolute Gasteiger partial charge is 0.362 e. The van der Waals surface area contributed by atoms with E-state index in [0.717, 1.165) is 24.4 Å². The predicted octanol–water partition coefficient (Wildman–Crippen LogP) is 5.46. The molecular weight excluding hydrogens is 316 g/mol. The minimum Gasteiger partial charge on any atom is -0.362 e. The Labute approximate surface area is 160 Å². The third kappa shape index (κ3) is 2.73. The zero-order valence-electron chi connectivity index (χ0n) is 16.8. The van der Waals surface area contributed by atoms with E-state index < -0.39 is 0 Å². The molecule has 9 aliphatic rings. The van der Waals surface area contributed by atoms with Crippen molar-refractivity contribution in [3.63, 3.8) is 0 Å². The van der Waals surface area contributed by atoms with Crippen LogP contribution in [0.25, 0.3) is 0 Å². The first-order chi connectivity index (χ1) is 12.6. The molecule has 144 valence electrons. The van der Waals surface area contributed by atoms with E-state index in [0.29, 0.717) is 5.54 Å². The number of hydrogen-bond donors (Lipinski definition) is 0. The van der Waals surface area contributed by atoms with Crippen LogP contribution in [0.5, 0.6) is 0 Å². The topological polar surface area (TPSA) is 6.48 Å². The molecule has 1 heterocycles. The highest BCUT2D eigenvalue weighted by molar-refractivity contribution is 5.11. The fourth-order valence-electron chi connectivity index (χ4n) is 9.24. The zero-order chi connectivity index (χ0) is 17.3. The van der Waals surface area contributed by atoms with E-state index >= 15 is 0 Å². The standard InChI is InChI=1S/C14H22N2.C10H16/c1-15-2-3-16(10-15)14-7-11-4-12(8-14)6-13(5-11)9-14;1-7-2-9-4-8(1)5-10(3-7)6-9/h2-3,11-13H,4-10H2,1H3;7-10H,1-6H2. The highest BCUT2D eigenvalue weighted by Gasteiger charge is 2.53. The maximum atomic E-state index is 2.66. The van der Waals surface area contributed by atoms with Crippen LogP contribution in [0.15, 0.2) is 12.4 Å². The zero-order valence-corrected chi connectivity index (χ0v) is 16.8. The minimum absolute atomic E-state index is 0.565. The Morgan fingerprint density at radius 1 is 0.577 bits per heavy atom. The Morgan fingerprint density at radius 3 is 1.31 bits per heavy atom. The van der Waals surface area contributed by atoms with Crippen molar-refractivity contribution < 1.29 is 0 Å². The Kier molecular flexibility index (Phi) is 3.71. The average molecular weight is 355 g/mol. The molecule has 0 aromatic carbocycles. The van der Waals surface area contributed by atoms with E-state index in [9.17, 15) is 0 Å². The molecular formula is C24H38N2. The van der Waals surface area contributed by atoms with E-state index in [1.807, 2.05) is 0 Å². The fourth-order valence-corrected chi connectivity index (χ4v) is 9.24. The van der Waals surface area contributed by atoms with Crippen molar-refractivity contribution in [2.45, 2.75) is 82.6 Å². The highest BCUT2D eigenvalue weighted by Crippen LogP contribution is 2.58. The van der Waals surface area contributed by atoms with Gasteiger partial charge < -0.3 is 9.80 Å². The molecule has 0 spiro atoms. The molecule has 2 nitrogen and oxygen atoms in total. The van der Waals surface area contributed by atoms with Crippen LogP contribution in [0, 0.1) is 41.4 Å². The molecule has 9 rings (SSSR count). The van der Waals surface area contributed by atoms with Gasteiger partial charge in [-0.2, -0.15) is 0 Å². The van der Waals surface area contributed by atoms with Crippen molar-refractivity contribution in [2.24, 2.45) is 41.4 Å². The quantitative estimate of drug-likeness (QED) is 0.616. The Hall–Kier alpha value is -0.660. The molecule has 2 heteroatoms. The second kappa shape index (κ2) is 5.92. The molecule has 0 amide bonds. The third-order valence-corrected chi connectivity index (χ3v) is 9.49. The highest BCUT2D eigenvalue weighted by atomic mass is 15.4. The van der Waals surface area contributed by atoms with Gasteiger partial charge in [-0.1, -0.05) is 0 Å². The van der Waals surface area contributed by atoms with Gasteiger partial charge in [0.25, 0.3) is 0 Å². The predicted molar refractivity (Wildman–Crippen MR) is 106 cm³/mol. The van der Waals surface area contributed by atoms with Crippen molar-refractivity contribution in [1.29, 1.82) is 0 Å². The fraction of sp³-hybridized carbons (Fsp3) is 0.917. The van der Waals surface area contributed by atoms with Crippen molar-refractivity contribution in [3.8, 4) is 0 Å². The summed E-state index contributed by atoms with van der Waals surface area (Å²) >= 11 is 0. The molecule has 0 N–H and O–H groups in total. The lowest BCUT2D eigenvalue weighted by molar-refractivity contribution is -0.0739.